The summed E-state index contributed by atoms with van der Waals surface area (Å²) in [6, 6.07) is 0. The Kier molecular flexibility index (Phi) is 2.27. The van der Waals surface area contributed by atoms with Gasteiger partial charge >= 0.3 is 0 Å². The maximum absolute atomic E-state index is 2.57. The molecule has 2 heterocycles. The van der Waals surface area contributed by atoms with Crippen molar-refractivity contribution in [3.05, 3.63) is 11.1 Å². The molecular weight excluding hydrogens is 194 g/mol. The van der Waals surface area contributed by atoms with E-state index < -0.39 is 0 Å². The van der Waals surface area contributed by atoms with Gasteiger partial charge in [0, 0.05) is 18.8 Å². The van der Waals surface area contributed by atoms with Gasteiger partial charge in [-0.25, -0.2) is 0 Å². The third-order valence-electron chi connectivity index (χ3n) is 6.01. The number of hydrogen-bond donors (Lipinski definition) is 0. The van der Waals surface area contributed by atoms with Crippen molar-refractivity contribution in [2.75, 3.05) is 20.1 Å². The van der Waals surface area contributed by atoms with Gasteiger partial charge in [-0.1, -0.05) is 12.5 Å². The highest BCUT2D eigenvalue weighted by Crippen LogP contribution is 2.52. The molecule has 90 valence electrons. The predicted octanol–water partition coefficient (Wildman–Crippen LogP) is 3.51. The Morgan fingerprint density at radius 2 is 2.12 bits per heavy atom. The summed E-state index contributed by atoms with van der Waals surface area (Å²) in [6.07, 6.45) is 8.51. The van der Waals surface area contributed by atoms with Crippen molar-refractivity contribution in [3.63, 3.8) is 0 Å². The Bertz CT molecular complexity index is 343. The highest BCUT2D eigenvalue weighted by atomic mass is 15.4. The number of rotatable bonds is 1. The first kappa shape index (κ1) is 10.8. The predicted molar refractivity (Wildman–Crippen MR) is 68.2 cm³/mol. The average Bonchev–Trinajstić information content (AvgIpc) is 2.81. The molecule has 0 bridgehead atoms. The van der Waals surface area contributed by atoms with Crippen LogP contribution in [0.3, 0.4) is 0 Å². The first-order valence-corrected chi connectivity index (χ1v) is 7.15. The van der Waals surface area contributed by atoms with Gasteiger partial charge in [0.1, 0.15) is 5.54 Å². The second-order valence-corrected chi connectivity index (χ2v) is 6.74. The molecule has 0 aromatic heterocycles. The average molecular weight is 220 g/mol. The zero-order chi connectivity index (χ0) is 11.4. The minimum Gasteiger partial charge on any atom is -0.317 e. The zero-order valence-electron chi connectivity index (χ0n) is 11.2. The fourth-order valence-electron chi connectivity index (χ4n) is 4.79. The van der Waals surface area contributed by atoms with E-state index in [1.165, 1.54) is 56.1 Å². The number of nitrogens with zero attached hydrogens (tertiary/aromatic N) is 1. The Balaban J connectivity index is 2.02. The van der Waals surface area contributed by atoms with Crippen LogP contribution in [0, 0.1) is 5.92 Å². The van der Waals surface area contributed by atoms with Crippen LogP contribution in [-0.2, 0) is 0 Å². The third kappa shape index (κ3) is 1.21. The lowest BCUT2D eigenvalue weighted by atomic mass is 9.79. The van der Waals surface area contributed by atoms with Crippen molar-refractivity contribution < 1.29 is 4.48 Å². The maximum Gasteiger partial charge on any atom is 0.118 e. The summed E-state index contributed by atoms with van der Waals surface area (Å²) >= 11 is 0. The molecular formula is C15H26N+. The molecule has 0 radical (unpaired) electrons. The number of likely N-dealkylation sites (N-methyl/N-ethyl adjacent to an activating group) is 1. The lowest BCUT2D eigenvalue weighted by molar-refractivity contribution is -0.941. The lowest BCUT2D eigenvalue weighted by Crippen LogP contribution is -2.59. The van der Waals surface area contributed by atoms with Gasteiger partial charge in [-0.2, -0.15) is 0 Å². The molecule has 1 aliphatic carbocycles. The van der Waals surface area contributed by atoms with Crippen LogP contribution in [-0.4, -0.2) is 30.2 Å². The molecule has 3 atom stereocenters. The molecule has 1 saturated heterocycles. The first-order valence-electron chi connectivity index (χ1n) is 7.15. The van der Waals surface area contributed by atoms with Crippen molar-refractivity contribution in [1.29, 1.82) is 0 Å². The quantitative estimate of drug-likeness (QED) is 0.468. The highest BCUT2D eigenvalue weighted by Gasteiger charge is 2.57. The molecule has 16 heavy (non-hydrogen) atoms. The fourth-order valence-corrected chi connectivity index (χ4v) is 4.79. The van der Waals surface area contributed by atoms with E-state index in [0.29, 0.717) is 5.54 Å². The third-order valence-corrected chi connectivity index (χ3v) is 6.01. The summed E-state index contributed by atoms with van der Waals surface area (Å²) in [5.74, 6) is 0.974. The summed E-state index contributed by atoms with van der Waals surface area (Å²) < 4.78 is 1.35. The summed E-state index contributed by atoms with van der Waals surface area (Å²) in [7, 11) is 2.53. The monoisotopic (exact) mass is 220 g/mol. The SMILES string of the molecule is CC[C@H]1C[C@]2(C)C3=C(CCC3)CC[N@+]2(C)C1. The summed E-state index contributed by atoms with van der Waals surface area (Å²) in [5, 5.41) is 0. The first-order chi connectivity index (χ1) is 7.59. The standard InChI is InChI=1S/C15H26N/c1-4-12-10-15(2)14-7-5-6-13(14)8-9-16(15,3)11-12/h12H,4-11H2,1-3H3/q+1/t12-,15+,16+/m0/s1. The largest absolute Gasteiger partial charge is 0.317 e. The van der Waals surface area contributed by atoms with E-state index in [4.69, 9.17) is 0 Å². The molecule has 0 unspecified atom stereocenters. The van der Waals surface area contributed by atoms with Crippen LogP contribution < -0.4 is 0 Å². The van der Waals surface area contributed by atoms with Crippen molar-refractivity contribution in [2.45, 2.75) is 57.9 Å². The number of quaternary nitrogens is 1. The van der Waals surface area contributed by atoms with Crippen molar-refractivity contribution >= 4 is 0 Å². The lowest BCUT2D eigenvalue weighted by Gasteiger charge is -2.48. The molecule has 1 heteroatoms. The minimum atomic E-state index is 0.519. The van der Waals surface area contributed by atoms with E-state index in [9.17, 15) is 0 Å². The van der Waals surface area contributed by atoms with E-state index in [-0.39, 0.29) is 0 Å². The molecule has 0 N–H and O–H groups in total. The molecule has 0 saturated carbocycles. The van der Waals surface area contributed by atoms with Crippen molar-refractivity contribution in [1.82, 2.24) is 0 Å². The van der Waals surface area contributed by atoms with E-state index in [0.717, 1.165) is 5.92 Å². The van der Waals surface area contributed by atoms with Gasteiger partial charge in [0.25, 0.3) is 0 Å². The Labute approximate surface area is 100 Å². The van der Waals surface area contributed by atoms with E-state index >= 15 is 0 Å². The van der Waals surface area contributed by atoms with Crippen LogP contribution in [0.15, 0.2) is 11.1 Å². The van der Waals surface area contributed by atoms with Crippen molar-refractivity contribution in [3.8, 4) is 0 Å². The molecule has 1 nitrogen and oxygen atoms in total. The Morgan fingerprint density at radius 1 is 1.31 bits per heavy atom. The zero-order valence-corrected chi connectivity index (χ0v) is 11.2. The van der Waals surface area contributed by atoms with E-state index in [1.54, 1.807) is 0 Å². The molecule has 0 spiro atoms. The molecule has 0 amide bonds. The van der Waals surface area contributed by atoms with E-state index in [2.05, 4.69) is 20.9 Å². The maximum atomic E-state index is 2.57. The normalized spacial score (nSPS) is 47.1. The molecule has 2 aliphatic heterocycles. The molecule has 1 fully saturated rings. The molecule has 0 aromatic carbocycles. The smallest absolute Gasteiger partial charge is 0.118 e. The van der Waals surface area contributed by atoms with Crippen LogP contribution >= 0.6 is 0 Å². The fraction of sp³-hybridized carbons (Fsp3) is 0.867. The van der Waals surface area contributed by atoms with Gasteiger partial charge in [0.2, 0.25) is 0 Å². The van der Waals surface area contributed by atoms with Gasteiger partial charge in [-0.05, 0) is 38.2 Å². The van der Waals surface area contributed by atoms with Crippen LogP contribution in [0.4, 0.5) is 0 Å². The van der Waals surface area contributed by atoms with Crippen LogP contribution in [0.5, 0.6) is 0 Å². The number of fused-ring (bicyclic) bond motifs is 2. The van der Waals surface area contributed by atoms with Gasteiger partial charge < -0.3 is 4.48 Å². The van der Waals surface area contributed by atoms with Crippen LogP contribution in [0.2, 0.25) is 0 Å². The molecule has 0 aromatic rings. The van der Waals surface area contributed by atoms with Gasteiger partial charge in [-0.15, -0.1) is 0 Å². The second kappa shape index (κ2) is 3.35. The van der Waals surface area contributed by atoms with Crippen LogP contribution in [0.1, 0.15) is 52.4 Å². The summed E-state index contributed by atoms with van der Waals surface area (Å²) in [6.45, 7) is 7.79. The van der Waals surface area contributed by atoms with E-state index in [1.807, 2.05) is 11.1 Å². The van der Waals surface area contributed by atoms with Crippen molar-refractivity contribution in [2.24, 2.45) is 5.92 Å². The second-order valence-electron chi connectivity index (χ2n) is 6.74. The summed E-state index contributed by atoms with van der Waals surface area (Å²) in [5.41, 5.74) is 4.26. The topological polar surface area (TPSA) is 0 Å². The van der Waals surface area contributed by atoms with Crippen LogP contribution in [0.25, 0.3) is 0 Å². The minimum absolute atomic E-state index is 0.519. The molecule has 3 rings (SSSR count). The van der Waals surface area contributed by atoms with Gasteiger partial charge in [-0.3, -0.25) is 0 Å². The summed E-state index contributed by atoms with van der Waals surface area (Å²) in [4.78, 5) is 0. The highest BCUT2D eigenvalue weighted by molar-refractivity contribution is 5.31. The molecule has 3 aliphatic rings. The van der Waals surface area contributed by atoms with Gasteiger partial charge in [0.05, 0.1) is 20.1 Å². The van der Waals surface area contributed by atoms with Gasteiger partial charge in [0.15, 0.2) is 0 Å². The Hall–Kier alpha value is -0.300. The number of hydrogen-bond acceptors (Lipinski definition) is 0. The Morgan fingerprint density at radius 3 is 2.88 bits per heavy atom.